The second-order valence-corrected chi connectivity index (χ2v) is 4.00. The van der Waals surface area contributed by atoms with Gasteiger partial charge in [-0.2, -0.15) is 0 Å². The number of ether oxygens (including phenoxy) is 1. The van der Waals surface area contributed by atoms with Crippen LogP contribution in [0.3, 0.4) is 0 Å². The molecule has 6 heteroatoms. The van der Waals surface area contributed by atoms with Crippen LogP contribution in [-0.2, 0) is 4.74 Å². The van der Waals surface area contributed by atoms with Crippen LogP contribution in [-0.4, -0.2) is 44.4 Å². The Bertz CT molecular complexity index is 410. The highest BCUT2D eigenvalue weighted by Gasteiger charge is 2.05. The van der Waals surface area contributed by atoms with E-state index in [1.54, 1.807) is 25.2 Å². The van der Waals surface area contributed by atoms with Gasteiger partial charge in [0.15, 0.2) is 0 Å². The summed E-state index contributed by atoms with van der Waals surface area (Å²) in [6, 6.07) is 5.15. The summed E-state index contributed by atoms with van der Waals surface area (Å²) in [5, 5.41) is 14.3. The Morgan fingerprint density at radius 3 is 2.84 bits per heavy atom. The van der Waals surface area contributed by atoms with Crippen LogP contribution in [0.25, 0.3) is 0 Å². The van der Waals surface area contributed by atoms with Gasteiger partial charge in [0.2, 0.25) is 0 Å². The number of rotatable bonds is 8. The van der Waals surface area contributed by atoms with E-state index < -0.39 is 0 Å². The molecule has 0 aliphatic carbocycles. The third-order valence-corrected chi connectivity index (χ3v) is 2.56. The third-order valence-electron chi connectivity index (χ3n) is 2.56. The third kappa shape index (κ3) is 5.15. The van der Waals surface area contributed by atoms with Crippen molar-refractivity contribution in [3.05, 3.63) is 23.8 Å². The molecular formula is C13H21N3O3. The second kappa shape index (κ2) is 8.34. The van der Waals surface area contributed by atoms with Crippen molar-refractivity contribution in [2.75, 3.05) is 44.5 Å². The Hall–Kier alpha value is -1.79. The van der Waals surface area contributed by atoms with E-state index in [0.717, 1.165) is 18.7 Å². The van der Waals surface area contributed by atoms with Gasteiger partial charge < -0.3 is 26.2 Å². The van der Waals surface area contributed by atoms with Crippen LogP contribution in [0.5, 0.6) is 0 Å². The summed E-state index contributed by atoms with van der Waals surface area (Å²) < 4.78 is 5.14. The topological polar surface area (TPSA) is 96.6 Å². The zero-order valence-electron chi connectivity index (χ0n) is 11.1. The van der Waals surface area contributed by atoms with Crippen LogP contribution in [0.2, 0.25) is 0 Å². The van der Waals surface area contributed by atoms with Gasteiger partial charge in [0.05, 0.1) is 24.6 Å². The number of aliphatic hydroxyl groups excluding tert-OH is 1. The zero-order chi connectivity index (χ0) is 14.1. The smallest absolute Gasteiger partial charge is 0.251 e. The van der Waals surface area contributed by atoms with Gasteiger partial charge in [0.1, 0.15) is 0 Å². The van der Waals surface area contributed by atoms with Crippen molar-refractivity contribution < 1.29 is 14.6 Å². The summed E-state index contributed by atoms with van der Waals surface area (Å²) >= 11 is 0. The standard InChI is InChI=1S/C13H21N3O3/c1-15-13(18)10-3-4-12(11(14)9-10)16-5-2-7-19-8-6-17/h3-4,9,16-17H,2,5-8,14H2,1H3,(H,15,18). The highest BCUT2D eigenvalue weighted by atomic mass is 16.5. The lowest BCUT2D eigenvalue weighted by molar-refractivity contribution is 0.0922. The van der Waals surface area contributed by atoms with E-state index in [0.29, 0.717) is 24.5 Å². The van der Waals surface area contributed by atoms with E-state index in [9.17, 15) is 4.79 Å². The molecule has 1 amide bonds. The van der Waals surface area contributed by atoms with Gasteiger partial charge in [-0.3, -0.25) is 4.79 Å². The monoisotopic (exact) mass is 267 g/mol. The van der Waals surface area contributed by atoms with Gasteiger partial charge in [0.25, 0.3) is 5.91 Å². The summed E-state index contributed by atoms with van der Waals surface area (Å²) in [6.45, 7) is 1.71. The quantitative estimate of drug-likeness (QED) is 0.405. The number of benzene rings is 1. The summed E-state index contributed by atoms with van der Waals surface area (Å²) in [5.41, 5.74) is 7.75. The van der Waals surface area contributed by atoms with Crippen LogP contribution in [0, 0.1) is 0 Å². The molecule has 0 aromatic heterocycles. The van der Waals surface area contributed by atoms with E-state index in [1.807, 2.05) is 0 Å². The fourth-order valence-corrected chi connectivity index (χ4v) is 1.57. The lowest BCUT2D eigenvalue weighted by Gasteiger charge is -2.10. The first kappa shape index (κ1) is 15.3. The predicted octanol–water partition coefficient (Wildman–Crippen LogP) is 0.439. The molecule has 0 aliphatic heterocycles. The minimum Gasteiger partial charge on any atom is -0.397 e. The molecular weight excluding hydrogens is 246 g/mol. The fraction of sp³-hybridized carbons (Fsp3) is 0.462. The molecule has 0 aliphatic rings. The molecule has 0 atom stereocenters. The van der Waals surface area contributed by atoms with Crippen LogP contribution in [0.4, 0.5) is 11.4 Å². The summed E-state index contributed by atoms with van der Waals surface area (Å²) in [7, 11) is 1.58. The number of carbonyl (C=O) groups is 1. The first-order valence-electron chi connectivity index (χ1n) is 6.23. The van der Waals surface area contributed by atoms with Gasteiger partial charge in [-0.05, 0) is 24.6 Å². The first-order valence-corrected chi connectivity index (χ1v) is 6.23. The highest BCUT2D eigenvalue weighted by molar-refractivity contribution is 5.95. The van der Waals surface area contributed by atoms with E-state index in [-0.39, 0.29) is 12.5 Å². The zero-order valence-corrected chi connectivity index (χ0v) is 11.1. The number of amides is 1. The van der Waals surface area contributed by atoms with Crippen LogP contribution >= 0.6 is 0 Å². The van der Waals surface area contributed by atoms with Crippen molar-refractivity contribution in [1.82, 2.24) is 5.32 Å². The van der Waals surface area contributed by atoms with Crippen LogP contribution in [0.15, 0.2) is 18.2 Å². The molecule has 1 rings (SSSR count). The maximum absolute atomic E-state index is 11.4. The Morgan fingerprint density at radius 2 is 2.21 bits per heavy atom. The molecule has 19 heavy (non-hydrogen) atoms. The number of nitrogens with one attached hydrogen (secondary N) is 2. The van der Waals surface area contributed by atoms with Crippen molar-refractivity contribution in [2.45, 2.75) is 6.42 Å². The Labute approximate surface area is 112 Å². The largest absolute Gasteiger partial charge is 0.397 e. The highest BCUT2D eigenvalue weighted by Crippen LogP contribution is 2.19. The Kier molecular flexibility index (Phi) is 6.70. The van der Waals surface area contributed by atoms with E-state index >= 15 is 0 Å². The van der Waals surface area contributed by atoms with Gasteiger partial charge in [-0.1, -0.05) is 0 Å². The maximum Gasteiger partial charge on any atom is 0.251 e. The number of anilines is 2. The van der Waals surface area contributed by atoms with Crippen molar-refractivity contribution in [1.29, 1.82) is 0 Å². The van der Waals surface area contributed by atoms with E-state index in [2.05, 4.69) is 10.6 Å². The molecule has 0 fully saturated rings. The van der Waals surface area contributed by atoms with E-state index in [1.165, 1.54) is 0 Å². The molecule has 6 nitrogen and oxygen atoms in total. The fourth-order valence-electron chi connectivity index (χ4n) is 1.57. The lowest BCUT2D eigenvalue weighted by Crippen LogP contribution is -2.18. The molecule has 0 saturated heterocycles. The molecule has 0 saturated carbocycles. The number of nitrogens with two attached hydrogens (primary N) is 1. The van der Waals surface area contributed by atoms with Gasteiger partial charge in [-0.15, -0.1) is 0 Å². The van der Waals surface area contributed by atoms with Crippen LogP contribution in [0.1, 0.15) is 16.8 Å². The van der Waals surface area contributed by atoms with Crippen molar-refractivity contribution in [2.24, 2.45) is 0 Å². The summed E-state index contributed by atoms with van der Waals surface area (Å²) in [4.78, 5) is 11.4. The first-order chi connectivity index (χ1) is 9.19. The van der Waals surface area contributed by atoms with Gasteiger partial charge >= 0.3 is 0 Å². The number of aliphatic hydroxyl groups is 1. The molecule has 0 bridgehead atoms. The molecule has 0 spiro atoms. The average Bonchev–Trinajstić information content (AvgIpc) is 2.43. The van der Waals surface area contributed by atoms with Gasteiger partial charge in [-0.25, -0.2) is 0 Å². The van der Waals surface area contributed by atoms with Crippen molar-refractivity contribution in [3.8, 4) is 0 Å². The summed E-state index contributed by atoms with van der Waals surface area (Å²) in [5.74, 6) is -0.157. The maximum atomic E-state index is 11.4. The molecule has 0 unspecified atom stereocenters. The SMILES string of the molecule is CNC(=O)c1ccc(NCCCOCCO)c(N)c1. The molecule has 106 valence electrons. The molecule has 0 heterocycles. The summed E-state index contributed by atoms with van der Waals surface area (Å²) in [6.07, 6.45) is 0.816. The molecule has 1 aromatic carbocycles. The lowest BCUT2D eigenvalue weighted by atomic mass is 10.1. The second-order valence-electron chi connectivity index (χ2n) is 4.00. The number of carbonyl (C=O) groups excluding carboxylic acids is 1. The minimum atomic E-state index is -0.157. The molecule has 0 radical (unpaired) electrons. The van der Waals surface area contributed by atoms with Crippen molar-refractivity contribution >= 4 is 17.3 Å². The van der Waals surface area contributed by atoms with Crippen LogP contribution < -0.4 is 16.4 Å². The Morgan fingerprint density at radius 1 is 1.42 bits per heavy atom. The number of nitrogen functional groups attached to an aromatic ring is 1. The number of hydrogen-bond acceptors (Lipinski definition) is 5. The average molecular weight is 267 g/mol. The molecule has 1 aromatic rings. The van der Waals surface area contributed by atoms with Crippen molar-refractivity contribution in [3.63, 3.8) is 0 Å². The van der Waals surface area contributed by atoms with E-state index in [4.69, 9.17) is 15.6 Å². The normalized spacial score (nSPS) is 10.2. The van der Waals surface area contributed by atoms with Gasteiger partial charge in [0, 0.05) is 25.8 Å². The Balaban J connectivity index is 2.40. The molecule has 5 N–H and O–H groups in total. The minimum absolute atomic E-state index is 0.0430. The number of hydrogen-bond donors (Lipinski definition) is 4. The predicted molar refractivity (Wildman–Crippen MR) is 75.3 cm³/mol.